The normalized spacial score (nSPS) is 14.9. The van der Waals surface area contributed by atoms with Gasteiger partial charge in [0.2, 0.25) is 0 Å². The molecule has 1 aliphatic rings. The Morgan fingerprint density at radius 2 is 2.00 bits per heavy atom. The highest BCUT2D eigenvalue weighted by Gasteiger charge is 2.13. The van der Waals surface area contributed by atoms with Gasteiger partial charge in [-0.3, -0.25) is 0 Å². The summed E-state index contributed by atoms with van der Waals surface area (Å²) >= 11 is 0. The highest BCUT2D eigenvalue weighted by Crippen LogP contribution is 2.31. The molecule has 1 aromatic carbocycles. The molecule has 0 saturated carbocycles. The number of hydrogen-bond acceptors (Lipinski definition) is 5. The highest BCUT2D eigenvalue weighted by atomic mass is 16.3. The van der Waals surface area contributed by atoms with Crippen LogP contribution in [0.25, 0.3) is 16.8 Å². The van der Waals surface area contributed by atoms with E-state index < -0.39 is 0 Å². The van der Waals surface area contributed by atoms with Crippen LogP contribution in [0.4, 0.5) is 5.82 Å². The van der Waals surface area contributed by atoms with Gasteiger partial charge in [0.05, 0.1) is 5.69 Å². The molecule has 0 atom stereocenters. The molecular formula is C15H16N4O. The van der Waals surface area contributed by atoms with E-state index in [0.717, 1.165) is 25.1 Å². The monoisotopic (exact) mass is 268 g/mol. The second-order valence-corrected chi connectivity index (χ2v) is 4.73. The van der Waals surface area contributed by atoms with Gasteiger partial charge >= 0.3 is 0 Å². The fourth-order valence-electron chi connectivity index (χ4n) is 2.35. The van der Waals surface area contributed by atoms with Gasteiger partial charge in [-0.05, 0) is 36.7 Å². The van der Waals surface area contributed by atoms with Crippen LogP contribution in [0.15, 0.2) is 36.4 Å². The van der Waals surface area contributed by atoms with E-state index in [9.17, 15) is 5.11 Å². The van der Waals surface area contributed by atoms with Crippen molar-refractivity contribution in [3.05, 3.63) is 42.0 Å². The number of aromatic hydroxyl groups is 1. The summed E-state index contributed by atoms with van der Waals surface area (Å²) in [5.41, 5.74) is 9.31. The summed E-state index contributed by atoms with van der Waals surface area (Å²) in [6.07, 6.45) is 3.03. The fourth-order valence-corrected chi connectivity index (χ4v) is 2.35. The standard InChI is InChI=1S/C15H16N4O/c16-15-12(10-5-7-17-8-6-10)9-13(18-19-15)11-3-1-2-4-14(11)20/h1-5,9,17,20H,6-8H2,(H2,16,19). The van der Waals surface area contributed by atoms with Crippen LogP contribution in [-0.4, -0.2) is 28.4 Å². The van der Waals surface area contributed by atoms with Crippen molar-refractivity contribution in [1.29, 1.82) is 0 Å². The molecule has 0 saturated heterocycles. The Balaban J connectivity index is 2.07. The van der Waals surface area contributed by atoms with Crippen LogP contribution in [0.3, 0.4) is 0 Å². The number of nitrogens with one attached hydrogen (secondary N) is 1. The minimum atomic E-state index is 0.191. The predicted octanol–water partition coefficient (Wildman–Crippen LogP) is 1.81. The maximum atomic E-state index is 9.91. The molecule has 0 aliphatic carbocycles. The third kappa shape index (κ3) is 2.35. The Hall–Kier alpha value is -2.40. The van der Waals surface area contributed by atoms with E-state index in [1.807, 2.05) is 18.2 Å². The van der Waals surface area contributed by atoms with Crippen molar-refractivity contribution in [2.75, 3.05) is 18.8 Å². The Morgan fingerprint density at radius 1 is 1.15 bits per heavy atom. The summed E-state index contributed by atoms with van der Waals surface area (Å²) < 4.78 is 0. The Bertz CT molecular complexity index is 667. The van der Waals surface area contributed by atoms with Crippen molar-refractivity contribution in [1.82, 2.24) is 15.5 Å². The number of benzene rings is 1. The van der Waals surface area contributed by atoms with Crippen molar-refractivity contribution in [3.8, 4) is 17.0 Å². The zero-order valence-corrected chi connectivity index (χ0v) is 11.0. The first-order chi connectivity index (χ1) is 9.75. The van der Waals surface area contributed by atoms with Gasteiger partial charge in [-0.1, -0.05) is 18.2 Å². The molecule has 5 nitrogen and oxygen atoms in total. The van der Waals surface area contributed by atoms with E-state index in [1.54, 1.807) is 12.1 Å². The van der Waals surface area contributed by atoms with Gasteiger partial charge in [0.15, 0.2) is 5.82 Å². The number of aromatic nitrogens is 2. The molecule has 0 amide bonds. The van der Waals surface area contributed by atoms with Crippen LogP contribution < -0.4 is 11.1 Å². The number of nitrogen functional groups attached to an aromatic ring is 1. The van der Waals surface area contributed by atoms with E-state index in [2.05, 4.69) is 21.6 Å². The highest BCUT2D eigenvalue weighted by molar-refractivity contribution is 5.78. The zero-order chi connectivity index (χ0) is 13.9. The molecule has 0 unspecified atom stereocenters. The molecule has 0 fully saturated rings. The molecule has 0 bridgehead atoms. The van der Waals surface area contributed by atoms with Gasteiger partial charge in [-0.15, -0.1) is 10.2 Å². The molecular weight excluding hydrogens is 252 g/mol. The second-order valence-electron chi connectivity index (χ2n) is 4.73. The number of phenolic OH excluding ortho intramolecular Hbond substituents is 1. The number of phenols is 1. The molecule has 102 valence electrons. The van der Waals surface area contributed by atoms with Crippen LogP contribution in [0.2, 0.25) is 0 Å². The van der Waals surface area contributed by atoms with Crippen LogP contribution >= 0.6 is 0 Å². The lowest BCUT2D eigenvalue weighted by molar-refractivity contribution is 0.477. The summed E-state index contributed by atoms with van der Waals surface area (Å²) in [6, 6.07) is 8.98. The lowest BCUT2D eigenvalue weighted by Crippen LogP contribution is -2.20. The Kier molecular flexibility index (Phi) is 3.35. The second kappa shape index (κ2) is 5.30. The van der Waals surface area contributed by atoms with Gasteiger partial charge in [0.1, 0.15) is 5.75 Å². The smallest absolute Gasteiger partial charge is 0.153 e. The lowest BCUT2D eigenvalue weighted by Gasteiger charge is -2.16. The summed E-state index contributed by atoms with van der Waals surface area (Å²) in [7, 11) is 0. The first kappa shape index (κ1) is 12.6. The topological polar surface area (TPSA) is 84.1 Å². The van der Waals surface area contributed by atoms with Crippen LogP contribution in [0.1, 0.15) is 12.0 Å². The maximum Gasteiger partial charge on any atom is 0.153 e. The van der Waals surface area contributed by atoms with Crippen LogP contribution in [0.5, 0.6) is 5.75 Å². The van der Waals surface area contributed by atoms with Crippen molar-refractivity contribution >= 4 is 11.4 Å². The van der Waals surface area contributed by atoms with Gasteiger partial charge in [-0.25, -0.2) is 0 Å². The minimum absolute atomic E-state index is 0.191. The third-order valence-electron chi connectivity index (χ3n) is 3.41. The number of para-hydroxylation sites is 1. The SMILES string of the molecule is Nc1nnc(-c2ccccc2O)cc1C1=CCNCC1. The molecule has 3 rings (SSSR count). The van der Waals surface area contributed by atoms with Crippen molar-refractivity contribution in [2.45, 2.75) is 6.42 Å². The fraction of sp³-hybridized carbons (Fsp3) is 0.200. The number of nitrogens with two attached hydrogens (primary N) is 1. The zero-order valence-electron chi connectivity index (χ0n) is 11.0. The van der Waals surface area contributed by atoms with Crippen LogP contribution in [0, 0.1) is 0 Å². The Morgan fingerprint density at radius 3 is 2.75 bits per heavy atom. The average Bonchev–Trinajstić information content (AvgIpc) is 2.49. The van der Waals surface area contributed by atoms with Gasteiger partial charge < -0.3 is 16.2 Å². The van der Waals surface area contributed by atoms with Crippen molar-refractivity contribution in [3.63, 3.8) is 0 Å². The minimum Gasteiger partial charge on any atom is -0.507 e. The first-order valence-electron chi connectivity index (χ1n) is 6.57. The van der Waals surface area contributed by atoms with Crippen LogP contribution in [-0.2, 0) is 0 Å². The Labute approximate surface area is 117 Å². The molecule has 20 heavy (non-hydrogen) atoms. The van der Waals surface area contributed by atoms with Crippen molar-refractivity contribution in [2.24, 2.45) is 0 Å². The first-order valence-corrected chi connectivity index (χ1v) is 6.57. The largest absolute Gasteiger partial charge is 0.507 e. The number of rotatable bonds is 2. The number of anilines is 1. The molecule has 1 aliphatic heterocycles. The molecule has 2 aromatic rings. The molecule has 0 spiro atoms. The maximum absolute atomic E-state index is 9.91. The number of nitrogens with zero attached hydrogens (tertiary/aromatic N) is 2. The van der Waals surface area contributed by atoms with E-state index in [4.69, 9.17) is 5.73 Å². The van der Waals surface area contributed by atoms with Gasteiger partial charge in [-0.2, -0.15) is 0 Å². The van der Waals surface area contributed by atoms with Gasteiger partial charge in [0, 0.05) is 17.7 Å². The summed E-state index contributed by atoms with van der Waals surface area (Å²) in [6.45, 7) is 1.77. The third-order valence-corrected chi connectivity index (χ3v) is 3.41. The summed E-state index contributed by atoms with van der Waals surface area (Å²) in [4.78, 5) is 0. The molecule has 1 aromatic heterocycles. The molecule has 2 heterocycles. The van der Waals surface area contributed by atoms with E-state index >= 15 is 0 Å². The quantitative estimate of drug-likeness (QED) is 0.773. The summed E-state index contributed by atoms with van der Waals surface area (Å²) in [5, 5.41) is 21.3. The molecule has 5 heteroatoms. The number of hydrogen-bond donors (Lipinski definition) is 3. The van der Waals surface area contributed by atoms with E-state index in [0.29, 0.717) is 17.1 Å². The van der Waals surface area contributed by atoms with E-state index in [1.165, 1.54) is 5.57 Å². The lowest BCUT2D eigenvalue weighted by atomic mass is 9.99. The average molecular weight is 268 g/mol. The molecule has 0 radical (unpaired) electrons. The van der Waals surface area contributed by atoms with E-state index in [-0.39, 0.29) is 5.75 Å². The predicted molar refractivity (Wildman–Crippen MR) is 79.0 cm³/mol. The van der Waals surface area contributed by atoms with Crippen molar-refractivity contribution < 1.29 is 5.11 Å². The molecule has 4 N–H and O–H groups in total. The van der Waals surface area contributed by atoms with Gasteiger partial charge in [0.25, 0.3) is 0 Å². The summed E-state index contributed by atoms with van der Waals surface area (Å²) in [5.74, 6) is 0.620.